The number of hydrogen-bond donors (Lipinski definition) is 7. The van der Waals surface area contributed by atoms with Crippen molar-refractivity contribution in [2.45, 2.75) is 203 Å². The van der Waals surface area contributed by atoms with Gasteiger partial charge >= 0.3 is 11.9 Å². The van der Waals surface area contributed by atoms with Gasteiger partial charge in [-0.2, -0.15) is 0 Å². The smallest absolute Gasteiger partial charge is 0.328 e. The molecular formula is C65H95NO22. The van der Waals surface area contributed by atoms with Crippen LogP contribution in [0.4, 0.5) is 0 Å². The maximum atomic E-state index is 14.9. The number of carboxylic acid groups (broad SMARTS) is 1. The average molecular weight is 1240 g/mol. The summed E-state index contributed by atoms with van der Waals surface area (Å²) >= 11 is 0. The predicted molar refractivity (Wildman–Crippen MR) is 320 cm³/mol. The number of nitrogens with one attached hydrogen (secondary N) is 1. The van der Waals surface area contributed by atoms with Gasteiger partial charge in [0.25, 0.3) is 0 Å². The Morgan fingerprint density at radius 3 is 1.98 bits per heavy atom. The number of carbonyl (C=O) groups is 3. The zero-order valence-corrected chi connectivity index (χ0v) is 52.4. The topological polar surface area (TPSA) is 305 Å². The Labute approximate surface area is 516 Å². The van der Waals surface area contributed by atoms with Gasteiger partial charge in [0.2, 0.25) is 11.7 Å². The normalized spacial score (nSPS) is 36.0. The van der Waals surface area contributed by atoms with Crippen LogP contribution in [0.2, 0.25) is 0 Å². The second-order valence-electron chi connectivity index (χ2n) is 23.6. The quantitative estimate of drug-likeness (QED) is 0.0331. The van der Waals surface area contributed by atoms with Gasteiger partial charge in [-0.25, -0.2) is 4.79 Å². The average Bonchev–Trinajstić information content (AvgIpc) is 0.934. The number of benzene rings is 1. The van der Waals surface area contributed by atoms with Crippen LogP contribution < -0.4 is 5.32 Å². The molecular weight excluding hydrogens is 1150 g/mol. The number of esters is 1. The Balaban J connectivity index is 1.20. The summed E-state index contributed by atoms with van der Waals surface area (Å²) in [7, 11) is 6.20. The highest BCUT2D eigenvalue weighted by Crippen LogP contribution is 2.46. The highest BCUT2D eigenvalue weighted by molar-refractivity contribution is 5.81. The fourth-order valence-electron chi connectivity index (χ4n) is 11.8. The maximum absolute atomic E-state index is 14.9. The lowest BCUT2D eigenvalue weighted by molar-refractivity contribution is -0.368. The van der Waals surface area contributed by atoms with Crippen LogP contribution in [-0.2, 0) is 82.4 Å². The minimum atomic E-state index is -2.76. The van der Waals surface area contributed by atoms with E-state index in [1.165, 1.54) is 26.4 Å². The lowest BCUT2D eigenvalue weighted by atomic mass is 9.71. The molecule has 0 bridgehead atoms. The number of rotatable bonds is 29. The van der Waals surface area contributed by atoms with Gasteiger partial charge in [-0.15, -0.1) is 0 Å². The lowest BCUT2D eigenvalue weighted by Crippen LogP contribution is -2.71. The molecule has 0 aromatic heterocycles. The molecule has 0 saturated carbocycles. The zero-order valence-electron chi connectivity index (χ0n) is 52.4. The van der Waals surface area contributed by atoms with Crippen molar-refractivity contribution in [3.05, 3.63) is 120 Å². The number of allylic oxidation sites excluding steroid dienone is 8. The fraction of sp³-hybridized carbons (Fsp3) is 0.646. The van der Waals surface area contributed by atoms with Gasteiger partial charge in [0.15, 0.2) is 25.0 Å². The Kier molecular flexibility index (Phi) is 28.3. The summed E-state index contributed by atoms with van der Waals surface area (Å²) in [6.45, 7) is 11.6. The van der Waals surface area contributed by atoms with Gasteiger partial charge in [0.1, 0.15) is 36.4 Å². The molecule has 23 heteroatoms. The monoisotopic (exact) mass is 1240 g/mol. The molecule has 1 amide bonds. The van der Waals surface area contributed by atoms with E-state index in [4.69, 9.17) is 66.7 Å². The van der Waals surface area contributed by atoms with Crippen molar-refractivity contribution in [3.8, 4) is 0 Å². The van der Waals surface area contributed by atoms with Crippen molar-refractivity contribution in [1.29, 1.82) is 0 Å². The number of carboxylic acids is 1. The van der Waals surface area contributed by atoms with Gasteiger partial charge in [-0.3, -0.25) is 9.59 Å². The first kappa shape index (κ1) is 72.2. The van der Waals surface area contributed by atoms with Gasteiger partial charge in [-0.1, -0.05) is 124 Å². The molecule has 0 spiro atoms. The summed E-state index contributed by atoms with van der Waals surface area (Å²) in [5.41, 5.74) is 0.168. The predicted octanol–water partition coefficient (Wildman–Crippen LogP) is 4.48. The molecule has 23 nitrogen and oxygen atoms in total. The second-order valence-corrected chi connectivity index (χ2v) is 23.6. The van der Waals surface area contributed by atoms with Gasteiger partial charge < -0.3 is 97.5 Å². The Morgan fingerprint density at radius 1 is 0.750 bits per heavy atom. The van der Waals surface area contributed by atoms with E-state index in [1.54, 1.807) is 127 Å². The molecule has 5 fully saturated rings. The highest BCUT2D eigenvalue weighted by Gasteiger charge is 2.63. The number of ether oxygens (including phenoxy) is 13. The van der Waals surface area contributed by atoms with E-state index < -0.39 is 152 Å². The van der Waals surface area contributed by atoms with Crippen molar-refractivity contribution in [1.82, 2.24) is 5.32 Å². The van der Waals surface area contributed by atoms with E-state index in [2.05, 4.69) is 5.32 Å². The van der Waals surface area contributed by atoms with Gasteiger partial charge in [0.05, 0.1) is 80.7 Å². The van der Waals surface area contributed by atoms with Crippen molar-refractivity contribution in [3.63, 3.8) is 0 Å². The molecule has 2 unspecified atom stereocenters. The van der Waals surface area contributed by atoms with E-state index in [-0.39, 0.29) is 44.4 Å². The van der Waals surface area contributed by atoms with Crippen molar-refractivity contribution in [2.75, 3.05) is 48.2 Å². The van der Waals surface area contributed by atoms with Crippen LogP contribution in [0.3, 0.4) is 0 Å². The summed E-state index contributed by atoms with van der Waals surface area (Å²) in [4.78, 5) is 39.6. The maximum Gasteiger partial charge on any atom is 0.328 e. The fourth-order valence-corrected chi connectivity index (χ4v) is 11.8. The first-order valence-corrected chi connectivity index (χ1v) is 30.1. The van der Waals surface area contributed by atoms with Gasteiger partial charge in [0, 0.05) is 78.1 Å². The molecule has 1 aromatic carbocycles. The third-order valence-corrected chi connectivity index (χ3v) is 17.0. The molecule has 5 aliphatic heterocycles. The number of aliphatic carboxylic acids is 1. The van der Waals surface area contributed by atoms with Crippen molar-refractivity contribution >= 4 is 17.8 Å². The Hall–Kier alpha value is -4.87. The summed E-state index contributed by atoms with van der Waals surface area (Å²) in [5, 5.41) is 68.0. The molecule has 1 aromatic rings. The molecule has 6 rings (SSSR count). The highest BCUT2D eigenvalue weighted by atomic mass is 16.7. The van der Waals surface area contributed by atoms with E-state index in [0.29, 0.717) is 18.4 Å². The molecule has 492 valence electrons. The summed E-state index contributed by atoms with van der Waals surface area (Å²) in [6.07, 6.45) is 6.42. The largest absolute Gasteiger partial charge is 0.478 e. The Bertz CT molecular complexity index is 2550. The molecule has 22 atom stereocenters. The van der Waals surface area contributed by atoms with Crippen LogP contribution in [0.5, 0.6) is 0 Å². The van der Waals surface area contributed by atoms with Crippen LogP contribution in [-0.4, -0.2) is 219 Å². The van der Waals surface area contributed by atoms with Crippen LogP contribution in [0, 0.1) is 17.3 Å². The second kappa shape index (κ2) is 34.5. The number of amides is 1. The molecule has 5 aliphatic rings. The Morgan fingerprint density at radius 2 is 1.35 bits per heavy atom. The number of methoxy groups -OCH3 is 4. The van der Waals surface area contributed by atoms with Crippen LogP contribution in [0.15, 0.2) is 115 Å². The van der Waals surface area contributed by atoms with E-state index in [9.17, 15) is 39.9 Å². The third kappa shape index (κ3) is 19.3. The van der Waals surface area contributed by atoms with Crippen LogP contribution in [0.25, 0.3) is 0 Å². The number of carbonyl (C=O) groups excluding carboxylic acids is 2. The minimum absolute atomic E-state index is 0.0754. The van der Waals surface area contributed by atoms with E-state index >= 15 is 0 Å². The van der Waals surface area contributed by atoms with E-state index in [0.717, 1.165) is 11.6 Å². The molecule has 7 N–H and O–H groups in total. The number of hydrogen-bond acceptors (Lipinski definition) is 21. The summed E-state index contributed by atoms with van der Waals surface area (Å²) < 4.78 is 80.4. The number of aliphatic hydroxyl groups excluding tert-OH is 4. The molecule has 5 heterocycles. The van der Waals surface area contributed by atoms with Gasteiger partial charge in [-0.05, 0) is 38.8 Å². The van der Waals surface area contributed by atoms with E-state index in [1.807, 2.05) is 26.8 Å². The SMILES string of the molecule is CO[C@H]1C[C@H](O[C@H]2[C@H](C)O[C@H](O[C@@H]3[C@H](C)OC(OC[C@@H](C(=O)NC/C=C/C=C(/C)[C@@H](OC)[C@@H](C)[C@H]4CC(O)[C@@H](/C=C/C=C/C=C/C(=O)O)O4)[C@@]4(O)O[C@@H](/C=C/C=C/CO)C(C)(C)[C@@H](O)[C@H]4OC(=O)Cc4ccccc4)C[C@@H]3OC)C[C@H]2OC)O[C@@H](C)[C@H]1O. The van der Waals surface area contributed by atoms with Crippen molar-refractivity contribution < 1.29 is 107 Å². The number of aliphatic hydroxyl groups is 5. The standard InChI is InChI=1S/C65H95NO22/c1-38(58(79-11)39(2)47-33-45(68)46(84-47)27-18-12-13-20-29-52(69)70)24-21-22-30-66-63(74)44(65(75)62(85-53(71)32-43-25-16-14-17-26-43)61(73)64(6,7)51(88-65)28-19-15-23-31-67)37-80-54-35-49(77-9)59(41(4)82-54)87-56-36-50(78-10)60(42(5)83-56)86-55-34-48(76-8)57(72)40(3)81-55/h12-29,39-42,44-51,54-62,67-68,72-73,75H,30-37H2,1-11H3,(H,66,74)(H,69,70)/b13-12+,22-21+,23-15+,27-18+,28-19+,29-20+,38-24-/t39-,40-,41-,42-,44-,45?,46+,47+,48-,49-,50+,51-,54?,55-,56+,57+,58+,59+,60-,61-,62+,65+/m0/s1. The molecule has 0 aliphatic carbocycles. The minimum Gasteiger partial charge on any atom is -0.478 e. The first-order chi connectivity index (χ1) is 42.0. The lowest BCUT2D eigenvalue weighted by Gasteiger charge is -2.54. The summed E-state index contributed by atoms with van der Waals surface area (Å²) in [5.74, 6) is -7.35. The molecule has 88 heavy (non-hydrogen) atoms. The molecule has 5 saturated heterocycles. The zero-order chi connectivity index (χ0) is 64.3. The van der Waals surface area contributed by atoms with Crippen molar-refractivity contribution in [2.24, 2.45) is 17.3 Å². The first-order valence-electron chi connectivity index (χ1n) is 30.1. The third-order valence-electron chi connectivity index (χ3n) is 17.0. The van der Waals surface area contributed by atoms with Crippen LogP contribution >= 0.6 is 0 Å². The van der Waals surface area contributed by atoms with Crippen LogP contribution in [0.1, 0.15) is 79.7 Å². The molecule has 0 radical (unpaired) electrons. The summed E-state index contributed by atoms with van der Waals surface area (Å²) in [6, 6.07) is 8.77.